The summed E-state index contributed by atoms with van der Waals surface area (Å²) in [5.74, 6) is 0.409. The molecule has 19 heavy (non-hydrogen) atoms. The topological polar surface area (TPSA) is 44.8 Å². The first-order valence-corrected chi connectivity index (χ1v) is 7.66. The van der Waals surface area contributed by atoms with Gasteiger partial charge in [-0.2, -0.15) is 0 Å². The van der Waals surface area contributed by atoms with Gasteiger partial charge in [0, 0.05) is 39.0 Å². The highest BCUT2D eigenvalue weighted by Gasteiger charge is 2.44. The van der Waals surface area contributed by atoms with Crippen LogP contribution in [0.3, 0.4) is 0 Å². The van der Waals surface area contributed by atoms with E-state index < -0.39 is 0 Å². The molecule has 3 heterocycles. The van der Waals surface area contributed by atoms with Gasteiger partial charge >= 0.3 is 0 Å². The second-order valence-corrected chi connectivity index (χ2v) is 5.83. The monoisotopic (exact) mass is 267 g/mol. The Morgan fingerprint density at radius 2 is 1.68 bits per heavy atom. The summed E-state index contributed by atoms with van der Waals surface area (Å²) in [6.45, 7) is 6.55. The number of ether oxygens (including phenoxy) is 1. The Morgan fingerprint density at radius 1 is 1.00 bits per heavy atom. The lowest BCUT2D eigenvalue weighted by molar-refractivity contribution is -0.147. The Morgan fingerprint density at radius 3 is 2.32 bits per heavy atom. The summed E-state index contributed by atoms with van der Waals surface area (Å²) in [6, 6.07) is 0. The molecule has 108 valence electrons. The molecule has 3 fully saturated rings. The summed E-state index contributed by atoms with van der Waals surface area (Å²) in [5.41, 5.74) is 0. The quantitative estimate of drug-likeness (QED) is 0.785. The van der Waals surface area contributed by atoms with E-state index in [1.807, 2.05) is 0 Å². The van der Waals surface area contributed by atoms with Crippen molar-refractivity contribution in [3.05, 3.63) is 0 Å². The zero-order valence-corrected chi connectivity index (χ0v) is 11.7. The van der Waals surface area contributed by atoms with E-state index in [0.29, 0.717) is 18.6 Å². The fourth-order valence-electron chi connectivity index (χ4n) is 3.67. The number of hydrogen-bond donors (Lipinski definition) is 1. The molecule has 5 nitrogen and oxygen atoms in total. The van der Waals surface area contributed by atoms with Crippen LogP contribution in [-0.2, 0) is 9.53 Å². The lowest BCUT2D eigenvalue weighted by Crippen LogP contribution is -2.72. The summed E-state index contributed by atoms with van der Waals surface area (Å²) in [5, 5.41) is 3.77. The first-order chi connectivity index (χ1) is 9.31. The number of rotatable bonds is 2. The standard InChI is InChI=1S/C14H25N3O2/c18-13-3-7-16(8-4-13)14(5-1-2-6-15-14)17-9-11-19-12-10-17/h15H,1-12H2. The van der Waals surface area contributed by atoms with E-state index in [1.54, 1.807) is 0 Å². The van der Waals surface area contributed by atoms with Gasteiger partial charge in [0.05, 0.1) is 13.2 Å². The molecular weight excluding hydrogens is 242 g/mol. The molecule has 0 spiro atoms. The van der Waals surface area contributed by atoms with Crippen LogP contribution in [0.2, 0.25) is 0 Å². The molecule has 3 rings (SSSR count). The lowest BCUT2D eigenvalue weighted by atomic mass is 9.98. The van der Waals surface area contributed by atoms with Gasteiger partial charge in [-0.25, -0.2) is 0 Å². The first kappa shape index (κ1) is 13.5. The molecule has 0 saturated carbocycles. The van der Waals surface area contributed by atoms with Crippen LogP contribution in [0.15, 0.2) is 0 Å². The van der Waals surface area contributed by atoms with E-state index >= 15 is 0 Å². The number of Topliss-reactive ketones (excluding diaryl/α,β-unsaturated/α-hetero) is 1. The first-order valence-electron chi connectivity index (χ1n) is 7.66. The number of piperidine rings is 2. The number of nitrogens with one attached hydrogen (secondary N) is 1. The molecule has 1 N–H and O–H groups in total. The van der Waals surface area contributed by atoms with E-state index in [4.69, 9.17) is 4.74 Å². The van der Waals surface area contributed by atoms with E-state index in [1.165, 1.54) is 19.3 Å². The van der Waals surface area contributed by atoms with Crippen LogP contribution in [0.1, 0.15) is 32.1 Å². The zero-order chi connectivity index (χ0) is 13.1. The van der Waals surface area contributed by atoms with Crippen molar-refractivity contribution in [3.63, 3.8) is 0 Å². The second-order valence-electron chi connectivity index (χ2n) is 5.83. The molecule has 0 radical (unpaired) electrons. The Hall–Kier alpha value is -0.490. The zero-order valence-electron chi connectivity index (χ0n) is 11.7. The van der Waals surface area contributed by atoms with Crippen molar-refractivity contribution in [2.75, 3.05) is 45.9 Å². The van der Waals surface area contributed by atoms with Crippen molar-refractivity contribution in [1.82, 2.24) is 15.1 Å². The fraction of sp³-hybridized carbons (Fsp3) is 0.929. The van der Waals surface area contributed by atoms with Crippen LogP contribution in [0.4, 0.5) is 0 Å². The number of nitrogens with zero attached hydrogens (tertiary/aromatic N) is 2. The van der Waals surface area contributed by atoms with Gasteiger partial charge in [-0.1, -0.05) is 0 Å². The van der Waals surface area contributed by atoms with Crippen molar-refractivity contribution < 1.29 is 9.53 Å². The van der Waals surface area contributed by atoms with Crippen molar-refractivity contribution >= 4 is 5.78 Å². The van der Waals surface area contributed by atoms with E-state index in [-0.39, 0.29) is 5.79 Å². The average Bonchev–Trinajstić information content (AvgIpc) is 2.49. The molecule has 0 amide bonds. The third kappa shape index (κ3) is 2.70. The molecule has 0 aromatic carbocycles. The highest BCUT2D eigenvalue weighted by molar-refractivity contribution is 5.79. The molecule has 5 heteroatoms. The SMILES string of the molecule is O=C1CCN(C2(N3CCOCC3)CCCCN2)CC1. The maximum Gasteiger partial charge on any atom is 0.135 e. The molecule has 0 bridgehead atoms. The maximum absolute atomic E-state index is 11.5. The molecule has 0 aromatic heterocycles. The number of morpholine rings is 1. The summed E-state index contributed by atoms with van der Waals surface area (Å²) < 4.78 is 5.50. The van der Waals surface area contributed by atoms with Gasteiger partial charge in [-0.15, -0.1) is 0 Å². The number of likely N-dealkylation sites (tertiary alicyclic amines) is 1. The predicted octanol–water partition coefficient (Wildman–Crippen LogP) is 0.411. The van der Waals surface area contributed by atoms with Gasteiger partial charge in [0.2, 0.25) is 0 Å². The summed E-state index contributed by atoms with van der Waals surface area (Å²) >= 11 is 0. The van der Waals surface area contributed by atoms with Crippen molar-refractivity contribution in [2.45, 2.75) is 37.9 Å². The highest BCUT2D eigenvalue weighted by Crippen LogP contribution is 2.30. The summed E-state index contributed by atoms with van der Waals surface area (Å²) in [7, 11) is 0. The number of hydrogen-bond acceptors (Lipinski definition) is 5. The minimum atomic E-state index is -0.0112. The lowest BCUT2D eigenvalue weighted by Gasteiger charge is -2.55. The Kier molecular flexibility index (Phi) is 4.17. The Labute approximate surface area is 115 Å². The number of ketones is 1. The van der Waals surface area contributed by atoms with Crippen molar-refractivity contribution in [3.8, 4) is 0 Å². The van der Waals surface area contributed by atoms with Crippen LogP contribution in [0, 0.1) is 0 Å². The van der Waals surface area contributed by atoms with Crippen LogP contribution >= 0.6 is 0 Å². The van der Waals surface area contributed by atoms with Crippen LogP contribution < -0.4 is 5.32 Å². The highest BCUT2D eigenvalue weighted by atomic mass is 16.5. The Balaban J connectivity index is 1.76. The van der Waals surface area contributed by atoms with Gasteiger partial charge in [0.1, 0.15) is 11.6 Å². The summed E-state index contributed by atoms with van der Waals surface area (Å²) in [4.78, 5) is 16.6. The van der Waals surface area contributed by atoms with Gasteiger partial charge in [0.25, 0.3) is 0 Å². The van der Waals surface area contributed by atoms with Gasteiger partial charge in [0.15, 0.2) is 0 Å². The van der Waals surface area contributed by atoms with Gasteiger partial charge in [-0.3, -0.25) is 19.9 Å². The second kappa shape index (κ2) is 5.87. The third-order valence-corrected chi connectivity index (χ3v) is 4.74. The molecule has 0 aliphatic carbocycles. The molecule has 0 aromatic rings. The third-order valence-electron chi connectivity index (χ3n) is 4.74. The number of carbonyl (C=O) groups excluding carboxylic acids is 1. The molecule has 3 saturated heterocycles. The molecule has 1 atom stereocenters. The molecule has 1 unspecified atom stereocenters. The van der Waals surface area contributed by atoms with Crippen molar-refractivity contribution in [1.29, 1.82) is 0 Å². The molecule has 3 aliphatic heterocycles. The minimum Gasteiger partial charge on any atom is -0.379 e. The summed E-state index contributed by atoms with van der Waals surface area (Å²) in [6.07, 6.45) is 5.14. The van der Waals surface area contributed by atoms with E-state index in [0.717, 1.165) is 45.9 Å². The normalized spacial score (nSPS) is 35.5. The minimum absolute atomic E-state index is 0.0112. The molecular formula is C14H25N3O2. The number of carbonyl (C=O) groups is 1. The predicted molar refractivity (Wildman–Crippen MR) is 72.8 cm³/mol. The maximum atomic E-state index is 11.5. The van der Waals surface area contributed by atoms with Gasteiger partial charge < -0.3 is 4.74 Å². The van der Waals surface area contributed by atoms with Gasteiger partial charge in [-0.05, 0) is 25.8 Å². The van der Waals surface area contributed by atoms with Crippen LogP contribution in [0.5, 0.6) is 0 Å². The van der Waals surface area contributed by atoms with E-state index in [2.05, 4.69) is 15.1 Å². The molecule has 3 aliphatic rings. The largest absolute Gasteiger partial charge is 0.379 e. The Bertz CT molecular complexity index is 313. The smallest absolute Gasteiger partial charge is 0.135 e. The average molecular weight is 267 g/mol. The van der Waals surface area contributed by atoms with Crippen LogP contribution in [0.25, 0.3) is 0 Å². The van der Waals surface area contributed by atoms with Crippen molar-refractivity contribution in [2.24, 2.45) is 0 Å². The van der Waals surface area contributed by atoms with Crippen LogP contribution in [-0.4, -0.2) is 67.3 Å². The van der Waals surface area contributed by atoms with E-state index in [9.17, 15) is 4.79 Å². The fourth-order valence-corrected chi connectivity index (χ4v) is 3.67.